The maximum atomic E-state index is 11.7. The molecule has 0 amide bonds. The molecule has 17 heavy (non-hydrogen) atoms. The van der Waals surface area contributed by atoms with E-state index in [2.05, 4.69) is 31.1 Å². The Morgan fingerprint density at radius 2 is 2.12 bits per heavy atom. The molecule has 1 aromatic carbocycles. The predicted octanol–water partition coefficient (Wildman–Crippen LogP) is 2.74. The van der Waals surface area contributed by atoms with E-state index in [4.69, 9.17) is 5.53 Å². The van der Waals surface area contributed by atoms with E-state index in [0.29, 0.717) is 5.69 Å². The Morgan fingerprint density at radius 1 is 1.41 bits per heavy atom. The van der Waals surface area contributed by atoms with Crippen molar-refractivity contribution in [3.05, 3.63) is 61.3 Å². The first-order chi connectivity index (χ1) is 8.20. The Bertz CT molecular complexity index is 621. The van der Waals surface area contributed by atoms with Gasteiger partial charge in [0.15, 0.2) is 0 Å². The molecule has 1 N–H and O–H groups in total. The van der Waals surface area contributed by atoms with Gasteiger partial charge in [-0.15, -0.1) is 0 Å². The smallest absolute Gasteiger partial charge is 0.271 e. The van der Waals surface area contributed by atoms with Crippen molar-refractivity contribution in [2.24, 2.45) is 5.11 Å². The normalized spacial score (nSPS) is 9.94. The Hall–Kier alpha value is -1.98. The van der Waals surface area contributed by atoms with Crippen molar-refractivity contribution in [2.45, 2.75) is 6.54 Å². The molecule has 0 fully saturated rings. The third kappa shape index (κ3) is 2.58. The van der Waals surface area contributed by atoms with Gasteiger partial charge in [-0.05, 0) is 29.8 Å². The minimum Gasteiger partial charge on any atom is -0.295 e. The van der Waals surface area contributed by atoms with Gasteiger partial charge in [-0.2, -0.15) is 0 Å². The van der Waals surface area contributed by atoms with Crippen molar-refractivity contribution in [3.63, 3.8) is 0 Å². The third-order valence-electron chi connectivity index (χ3n) is 2.16. The van der Waals surface area contributed by atoms with Crippen LogP contribution in [0.25, 0.3) is 16.1 Å². The first-order valence-corrected chi connectivity index (χ1v) is 5.58. The zero-order valence-corrected chi connectivity index (χ0v) is 10.3. The summed E-state index contributed by atoms with van der Waals surface area (Å²) in [6, 6.07) is 8.71. The van der Waals surface area contributed by atoms with Crippen LogP contribution in [-0.2, 0) is 6.54 Å². The minimum absolute atomic E-state index is 0.134. The van der Waals surface area contributed by atoms with E-state index in [1.807, 2.05) is 12.1 Å². The first kappa shape index (κ1) is 11.5. The number of H-pyrrole nitrogens is 1. The number of hydrogen-bond donors (Lipinski definition) is 1. The fraction of sp³-hybridized carbons (Fsp3) is 0.100. The standard InChI is InChI=1S/C10H8BrN5O/c11-7-1-3-9(4-2-7)16-10(17)5-8(14-16)6-13-15-12/h1-5,14H,6H2. The quantitative estimate of drug-likeness (QED) is 0.526. The average molecular weight is 294 g/mol. The van der Waals surface area contributed by atoms with Crippen LogP contribution < -0.4 is 5.56 Å². The molecule has 86 valence electrons. The van der Waals surface area contributed by atoms with Crippen LogP contribution in [0.3, 0.4) is 0 Å². The minimum atomic E-state index is -0.185. The molecule has 2 aromatic rings. The van der Waals surface area contributed by atoms with E-state index >= 15 is 0 Å². The topological polar surface area (TPSA) is 86.6 Å². The van der Waals surface area contributed by atoms with Crippen molar-refractivity contribution >= 4 is 15.9 Å². The fourth-order valence-corrected chi connectivity index (χ4v) is 1.68. The van der Waals surface area contributed by atoms with Gasteiger partial charge in [0.1, 0.15) is 0 Å². The fourth-order valence-electron chi connectivity index (χ4n) is 1.42. The summed E-state index contributed by atoms with van der Waals surface area (Å²) in [4.78, 5) is 14.3. The highest BCUT2D eigenvalue weighted by atomic mass is 79.9. The SMILES string of the molecule is [N-]=[N+]=NCc1cc(=O)n(-c2ccc(Br)cc2)[nH]1. The summed E-state index contributed by atoms with van der Waals surface area (Å²) in [5.41, 5.74) is 9.33. The lowest BCUT2D eigenvalue weighted by Gasteiger charge is -2.01. The van der Waals surface area contributed by atoms with Crippen LogP contribution in [-0.4, -0.2) is 9.78 Å². The van der Waals surface area contributed by atoms with Gasteiger partial charge in [-0.25, -0.2) is 4.68 Å². The summed E-state index contributed by atoms with van der Waals surface area (Å²) >= 11 is 3.32. The highest BCUT2D eigenvalue weighted by molar-refractivity contribution is 9.10. The lowest BCUT2D eigenvalue weighted by atomic mass is 10.3. The number of hydrogen-bond acceptors (Lipinski definition) is 2. The van der Waals surface area contributed by atoms with Gasteiger partial charge in [0.05, 0.1) is 12.2 Å². The number of halogens is 1. The summed E-state index contributed by atoms with van der Waals surface area (Å²) in [7, 11) is 0. The number of rotatable bonds is 3. The largest absolute Gasteiger partial charge is 0.295 e. The molecule has 0 bridgehead atoms. The van der Waals surface area contributed by atoms with E-state index in [-0.39, 0.29) is 12.1 Å². The predicted molar refractivity (Wildman–Crippen MR) is 66.9 cm³/mol. The van der Waals surface area contributed by atoms with Crippen molar-refractivity contribution < 1.29 is 0 Å². The van der Waals surface area contributed by atoms with Crippen LogP contribution in [0, 0.1) is 0 Å². The number of azide groups is 1. The molecule has 0 aliphatic carbocycles. The van der Waals surface area contributed by atoms with E-state index < -0.39 is 0 Å². The van der Waals surface area contributed by atoms with E-state index in [1.54, 1.807) is 12.1 Å². The van der Waals surface area contributed by atoms with Crippen LogP contribution in [0.15, 0.2) is 44.7 Å². The second-order valence-electron chi connectivity index (χ2n) is 3.32. The molecule has 0 aliphatic heterocycles. The van der Waals surface area contributed by atoms with E-state index in [1.165, 1.54) is 10.7 Å². The van der Waals surface area contributed by atoms with E-state index in [0.717, 1.165) is 10.2 Å². The number of nitrogens with one attached hydrogen (secondary N) is 1. The molecule has 0 aliphatic rings. The lowest BCUT2D eigenvalue weighted by molar-refractivity contribution is 0.812. The van der Waals surface area contributed by atoms with Gasteiger partial charge in [-0.1, -0.05) is 21.0 Å². The van der Waals surface area contributed by atoms with Crippen LogP contribution in [0.4, 0.5) is 0 Å². The summed E-state index contributed by atoms with van der Waals surface area (Å²) < 4.78 is 2.34. The van der Waals surface area contributed by atoms with Gasteiger partial charge < -0.3 is 0 Å². The second-order valence-corrected chi connectivity index (χ2v) is 4.24. The molecule has 0 unspecified atom stereocenters. The Morgan fingerprint density at radius 3 is 2.76 bits per heavy atom. The zero-order valence-electron chi connectivity index (χ0n) is 8.67. The number of aromatic nitrogens is 2. The number of aromatic amines is 1. The lowest BCUT2D eigenvalue weighted by Crippen LogP contribution is -2.13. The molecule has 0 spiro atoms. The zero-order chi connectivity index (χ0) is 12.3. The molecule has 1 aromatic heterocycles. The van der Waals surface area contributed by atoms with Crippen LogP contribution in [0.1, 0.15) is 5.69 Å². The van der Waals surface area contributed by atoms with Crippen molar-refractivity contribution in [2.75, 3.05) is 0 Å². The van der Waals surface area contributed by atoms with Crippen molar-refractivity contribution in [3.8, 4) is 5.69 Å². The third-order valence-corrected chi connectivity index (χ3v) is 2.69. The molecule has 0 radical (unpaired) electrons. The number of benzene rings is 1. The highest BCUT2D eigenvalue weighted by Crippen LogP contribution is 2.12. The van der Waals surface area contributed by atoms with Gasteiger partial charge >= 0.3 is 0 Å². The maximum Gasteiger partial charge on any atom is 0.271 e. The summed E-state index contributed by atoms with van der Waals surface area (Å²) in [5.74, 6) is 0. The van der Waals surface area contributed by atoms with Gasteiger partial charge in [0, 0.05) is 21.1 Å². The van der Waals surface area contributed by atoms with Gasteiger partial charge in [0.25, 0.3) is 5.56 Å². The Balaban J connectivity index is 2.39. The van der Waals surface area contributed by atoms with Gasteiger partial charge in [0.2, 0.25) is 0 Å². The van der Waals surface area contributed by atoms with Crippen molar-refractivity contribution in [1.82, 2.24) is 9.78 Å². The Kier molecular flexibility index (Phi) is 3.32. The Labute approximate surface area is 105 Å². The summed E-state index contributed by atoms with van der Waals surface area (Å²) in [6.07, 6.45) is 0. The molecule has 0 saturated heterocycles. The summed E-state index contributed by atoms with van der Waals surface area (Å²) in [6.45, 7) is 0.134. The van der Waals surface area contributed by atoms with Gasteiger partial charge in [-0.3, -0.25) is 9.89 Å². The molecule has 0 atom stereocenters. The average Bonchev–Trinajstić information content (AvgIpc) is 2.69. The second kappa shape index (κ2) is 4.90. The highest BCUT2D eigenvalue weighted by Gasteiger charge is 2.03. The van der Waals surface area contributed by atoms with Crippen LogP contribution >= 0.6 is 15.9 Å². The molecule has 7 heteroatoms. The molecular formula is C10H8BrN5O. The molecule has 0 saturated carbocycles. The van der Waals surface area contributed by atoms with E-state index in [9.17, 15) is 4.79 Å². The first-order valence-electron chi connectivity index (χ1n) is 4.78. The van der Waals surface area contributed by atoms with Crippen LogP contribution in [0.5, 0.6) is 0 Å². The monoisotopic (exact) mass is 293 g/mol. The molecule has 2 rings (SSSR count). The van der Waals surface area contributed by atoms with Crippen molar-refractivity contribution in [1.29, 1.82) is 0 Å². The molecule has 6 nitrogen and oxygen atoms in total. The molecular weight excluding hydrogens is 286 g/mol. The van der Waals surface area contributed by atoms with Crippen LogP contribution in [0.2, 0.25) is 0 Å². The number of nitrogens with zero attached hydrogens (tertiary/aromatic N) is 4. The molecule has 1 heterocycles. The summed E-state index contributed by atoms with van der Waals surface area (Å²) in [5, 5.41) is 6.27. The maximum absolute atomic E-state index is 11.7.